The Hall–Kier alpha value is -1.36. The zero-order chi connectivity index (χ0) is 13.8. The molecule has 19 heavy (non-hydrogen) atoms. The summed E-state index contributed by atoms with van der Waals surface area (Å²) in [4.78, 5) is 9.14. The van der Waals surface area contributed by atoms with Crippen LogP contribution in [0.1, 0.15) is 31.7 Å². The van der Waals surface area contributed by atoms with Gasteiger partial charge in [-0.15, -0.1) is 0 Å². The van der Waals surface area contributed by atoms with Crippen molar-refractivity contribution in [2.75, 3.05) is 11.9 Å². The minimum Gasteiger partial charge on any atom is -0.461 e. The predicted octanol–water partition coefficient (Wildman–Crippen LogP) is 4.19. The maximum atomic E-state index is 5.53. The standard InChI is InChI=1S/C14H18BrN3O/c1-4-7-16-14-9(3)12(17-11(5-2)18-14)13-10(15)6-8-19-13/h6,8H,4-5,7H2,1-3H3,(H,16,17,18). The van der Waals surface area contributed by atoms with Crippen molar-refractivity contribution in [3.05, 3.63) is 28.2 Å². The van der Waals surface area contributed by atoms with Crippen LogP contribution in [-0.4, -0.2) is 16.5 Å². The molecule has 0 saturated heterocycles. The zero-order valence-corrected chi connectivity index (χ0v) is 13.0. The van der Waals surface area contributed by atoms with E-state index in [1.165, 1.54) is 0 Å². The number of furan rings is 1. The Bertz CT molecular complexity index is 566. The van der Waals surface area contributed by atoms with Crippen molar-refractivity contribution < 1.29 is 4.42 Å². The number of hydrogen-bond donors (Lipinski definition) is 1. The van der Waals surface area contributed by atoms with E-state index in [4.69, 9.17) is 4.42 Å². The van der Waals surface area contributed by atoms with Gasteiger partial charge < -0.3 is 9.73 Å². The molecule has 0 aliphatic heterocycles. The normalized spacial score (nSPS) is 10.7. The third kappa shape index (κ3) is 2.97. The Balaban J connectivity index is 2.50. The number of anilines is 1. The molecule has 2 aromatic heterocycles. The minimum atomic E-state index is 0.758. The Morgan fingerprint density at radius 1 is 1.32 bits per heavy atom. The quantitative estimate of drug-likeness (QED) is 0.896. The topological polar surface area (TPSA) is 51.0 Å². The summed E-state index contributed by atoms with van der Waals surface area (Å²) in [6.07, 6.45) is 3.52. The van der Waals surface area contributed by atoms with Crippen molar-refractivity contribution in [3.63, 3.8) is 0 Å². The summed E-state index contributed by atoms with van der Waals surface area (Å²) in [7, 11) is 0. The van der Waals surface area contributed by atoms with E-state index in [1.807, 2.05) is 13.0 Å². The lowest BCUT2D eigenvalue weighted by Gasteiger charge is -2.12. The van der Waals surface area contributed by atoms with Crippen LogP contribution in [0.2, 0.25) is 0 Å². The molecule has 102 valence electrons. The molecule has 2 rings (SSSR count). The summed E-state index contributed by atoms with van der Waals surface area (Å²) < 4.78 is 6.44. The van der Waals surface area contributed by atoms with Crippen LogP contribution in [0, 0.1) is 6.92 Å². The molecular formula is C14H18BrN3O. The van der Waals surface area contributed by atoms with Crippen molar-refractivity contribution in [1.82, 2.24) is 9.97 Å². The van der Waals surface area contributed by atoms with Crippen LogP contribution in [0.5, 0.6) is 0 Å². The second-order valence-electron chi connectivity index (χ2n) is 4.34. The molecule has 2 aromatic rings. The van der Waals surface area contributed by atoms with Gasteiger partial charge in [0.15, 0.2) is 5.76 Å². The Kier molecular flexibility index (Phi) is 4.58. The largest absolute Gasteiger partial charge is 0.461 e. The number of aryl methyl sites for hydroxylation is 1. The van der Waals surface area contributed by atoms with Gasteiger partial charge in [-0.1, -0.05) is 13.8 Å². The average molecular weight is 324 g/mol. The summed E-state index contributed by atoms with van der Waals surface area (Å²) in [5.74, 6) is 2.48. The number of nitrogens with zero attached hydrogens (tertiary/aromatic N) is 2. The van der Waals surface area contributed by atoms with Gasteiger partial charge in [-0.3, -0.25) is 0 Å². The number of rotatable bonds is 5. The molecule has 0 aliphatic carbocycles. The fourth-order valence-corrected chi connectivity index (χ4v) is 2.21. The van der Waals surface area contributed by atoms with Crippen molar-refractivity contribution in [2.45, 2.75) is 33.6 Å². The van der Waals surface area contributed by atoms with E-state index in [0.29, 0.717) is 0 Å². The van der Waals surface area contributed by atoms with Crippen molar-refractivity contribution >= 4 is 21.7 Å². The average Bonchev–Trinajstić information content (AvgIpc) is 2.84. The van der Waals surface area contributed by atoms with Gasteiger partial charge >= 0.3 is 0 Å². The molecule has 4 nitrogen and oxygen atoms in total. The molecule has 0 atom stereocenters. The molecule has 0 amide bonds. The molecule has 0 saturated carbocycles. The van der Waals surface area contributed by atoms with Crippen LogP contribution in [-0.2, 0) is 6.42 Å². The maximum Gasteiger partial charge on any atom is 0.166 e. The maximum absolute atomic E-state index is 5.53. The molecular weight excluding hydrogens is 306 g/mol. The van der Waals surface area contributed by atoms with Gasteiger partial charge in [-0.25, -0.2) is 9.97 Å². The SMILES string of the molecule is CCCNc1nc(CC)nc(-c2occc2Br)c1C. The summed E-state index contributed by atoms with van der Waals surface area (Å²) >= 11 is 3.49. The van der Waals surface area contributed by atoms with Gasteiger partial charge in [0.25, 0.3) is 0 Å². The highest BCUT2D eigenvalue weighted by Gasteiger charge is 2.16. The van der Waals surface area contributed by atoms with Crippen LogP contribution in [0.3, 0.4) is 0 Å². The number of nitrogens with one attached hydrogen (secondary N) is 1. The lowest BCUT2D eigenvalue weighted by atomic mass is 10.2. The third-order valence-corrected chi connectivity index (χ3v) is 3.51. The van der Waals surface area contributed by atoms with Crippen molar-refractivity contribution in [2.24, 2.45) is 0 Å². The summed E-state index contributed by atoms with van der Waals surface area (Å²) in [5.41, 5.74) is 1.86. The van der Waals surface area contributed by atoms with E-state index in [9.17, 15) is 0 Å². The van der Waals surface area contributed by atoms with Crippen LogP contribution < -0.4 is 5.32 Å². The lowest BCUT2D eigenvalue weighted by Crippen LogP contribution is -2.08. The highest BCUT2D eigenvalue weighted by atomic mass is 79.9. The summed E-state index contributed by atoms with van der Waals surface area (Å²) in [6.45, 7) is 7.10. The first-order valence-corrected chi connectivity index (χ1v) is 7.31. The molecule has 0 bridgehead atoms. The minimum absolute atomic E-state index is 0.758. The Morgan fingerprint density at radius 2 is 2.11 bits per heavy atom. The van der Waals surface area contributed by atoms with Gasteiger partial charge in [0.05, 0.1) is 10.7 Å². The molecule has 5 heteroatoms. The number of aromatic nitrogens is 2. The first kappa shape index (κ1) is 14.1. The van der Waals surface area contributed by atoms with Crippen molar-refractivity contribution in [3.8, 4) is 11.5 Å². The molecule has 1 N–H and O–H groups in total. The molecule has 0 radical (unpaired) electrons. The van der Waals surface area contributed by atoms with Crippen LogP contribution in [0.15, 0.2) is 21.2 Å². The number of hydrogen-bond acceptors (Lipinski definition) is 4. The molecule has 0 spiro atoms. The molecule has 0 aliphatic rings. The molecule has 0 fully saturated rings. The van der Waals surface area contributed by atoms with Gasteiger partial charge in [0.2, 0.25) is 0 Å². The van der Waals surface area contributed by atoms with Crippen molar-refractivity contribution in [1.29, 1.82) is 0 Å². The highest BCUT2D eigenvalue weighted by Crippen LogP contribution is 2.32. The lowest BCUT2D eigenvalue weighted by molar-refractivity contribution is 0.577. The highest BCUT2D eigenvalue weighted by molar-refractivity contribution is 9.10. The van der Waals surface area contributed by atoms with E-state index in [2.05, 4.69) is 45.1 Å². The number of halogens is 1. The fourth-order valence-electron chi connectivity index (χ4n) is 1.82. The monoisotopic (exact) mass is 323 g/mol. The van der Waals surface area contributed by atoms with Crippen LogP contribution >= 0.6 is 15.9 Å². The van der Waals surface area contributed by atoms with E-state index >= 15 is 0 Å². The van der Waals surface area contributed by atoms with Crippen LogP contribution in [0.4, 0.5) is 5.82 Å². The van der Waals surface area contributed by atoms with Gasteiger partial charge in [0, 0.05) is 18.5 Å². The summed E-state index contributed by atoms with van der Waals surface area (Å²) in [5, 5.41) is 3.35. The van der Waals surface area contributed by atoms with E-state index in [0.717, 1.165) is 52.5 Å². The van der Waals surface area contributed by atoms with Gasteiger partial charge in [-0.05, 0) is 35.3 Å². The smallest absolute Gasteiger partial charge is 0.166 e. The second-order valence-corrected chi connectivity index (χ2v) is 5.19. The van der Waals surface area contributed by atoms with Gasteiger partial charge in [-0.2, -0.15) is 0 Å². The third-order valence-electron chi connectivity index (χ3n) is 2.88. The van der Waals surface area contributed by atoms with E-state index in [-0.39, 0.29) is 0 Å². The van der Waals surface area contributed by atoms with Gasteiger partial charge in [0.1, 0.15) is 17.3 Å². The van der Waals surface area contributed by atoms with Crippen LogP contribution in [0.25, 0.3) is 11.5 Å². The fraction of sp³-hybridized carbons (Fsp3) is 0.429. The first-order valence-electron chi connectivity index (χ1n) is 6.52. The predicted molar refractivity (Wildman–Crippen MR) is 80.3 cm³/mol. The second kappa shape index (κ2) is 6.19. The molecule has 0 unspecified atom stereocenters. The zero-order valence-electron chi connectivity index (χ0n) is 11.5. The summed E-state index contributed by atoms with van der Waals surface area (Å²) in [6, 6.07) is 1.88. The molecule has 2 heterocycles. The Labute approximate surface area is 121 Å². The molecule has 0 aromatic carbocycles. The Morgan fingerprint density at radius 3 is 2.68 bits per heavy atom. The first-order chi connectivity index (χ1) is 9.17. The van der Waals surface area contributed by atoms with E-state index < -0.39 is 0 Å². The van der Waals surface area contributed by atoms with E-state index in [1.54, 1.807) is 6.26 Å².